The fourth-order valence-corrected chi connectivity index (χ4v) is 3.28. The zero-order valence-corrected chi connectivity index (χ0v) is 13.9. The number of aromatic hydroxyl groups is 2. The van der Waals surface area contributed by atoms with Crippen molar-refractivity contribution in [2.75, 3.05) is 20.4 Å². The molecule has 1 aromatic carbocycles. The number of phenols is 2. The van der Waals surface area contributed by atoms with Crippen molar-refractivity contribution in [3.05, 3.63) is 23.3 Å². The fraction of sp³-hybridized carbons (Fsp3) is 0.600. The van der Waals surface area contributed by atoms with E-state index in [-0.39, 0.29) is 17.5 Å². The lowest BCUT2D eigenvalue weighted by Crippen LogP contribution is -2.40. The van der Waals surface area contributed by atoms with Gasteiger partial charge >= 0.3 is 8.60 Å². The van der Waals surface area contributed by atoms with Crippen molar-refractivity contribution < 1.29 is 24.2 Å². The van der Waals surface area contributed by atoms with Crippen LogP contribution in [-0.2, 0) is 21.9 Å². The first kappa shape index (κ1) is 17.4. The van der Waals surface area contributed by atoms with Crippen LogP contribution in [0.4, 0.5) is 0 Å². The molecule has 3 N–H and O–H groups in total. The van der Waals surface area contributed by atoms with Gasteiger partial charge < -0.3 is 19.6 Å². The van der Waals surface area contributed by atoms with Gasteiger partial charge in [0.15, 0.2) is 11.5 Å². The smallest absolute Gasteiger partial charge is 0.330 e. The third-order valence-corrected chi connectivity index (χ3v) is 4.71. The van der Waals surface area contributed by atoms with Gasteiger partial charge in [0, 0.05) is 25.3 Å². The second kappa shape index (κ2) is 8.09. The Morgan fingerprint density at radius 1 is 1.36 bits per heavy atom. The van der Waals surface area contributed by atoms with Gasteiger partial charge in [-0.15, -0.1) is 0 Å². The number of rotatable bonds is 7. The molecule has 2 atom stereocenters. The van der Waals surface area contributed by atoms with Crippen LogP contribution < -0.4 is 0 Å². The zero-order valence-electron chi connectivity index (χ0n) is 13.0. The van der Waals surface area contributed by atoms with E-state index >= 15 is 0 Å². The van der Waals surface area contributed by atoms with Crippen molar-refractivity contribution in [1.29, 1.82) is 0 Å². The highest BCUT2D eigenvalue weighted by atomic mass is 31.2. The summed E-state index contributed by atoms with van der Waals surface area (Å²) in [6.45, 7) is 3.30. The minimum absolute atomic E-state index is 0.00695. The van der Waals surface area contributed by atoms with Crippen LogP contribution >= 0.6 is 8.60 Å². The number of benzene rings is 1. The molecular weight excluding hydrogens is 305 g/mol. The first-order valence-electron chi connectivity index (χ1n) is 7.49. The third-order valence-electron chi connectivity index (χ3n) is 4.06. The average molecular weight is 329 g/mol. The largest absolute Gasteiger partial charge is 0.504 e. The minimum Gasteiger partial charge on any atom is -0.504 e. The maximum Gasteiger partial charge on any atom is 0.330 e. The van der Waals surface area contributed by atoms with E-state index in [9.17, 15) is 15.1 Å². The lowest BCUT2D eigenvalue weighted by molar-refractivity contribution is 0.0646. The van der Waals surface area contributed by atoms with Crippen LogP contribution in [-0.4, -0.2) is 46.4 Å². The van der Waals surface area contributed by atoms with Gasteiger partial charge in [0.2, 0.25) is 0 Å². The second-order valence-corrected chi connectivity index (χ2v) is 6.56. The van der Waals surface area contributed by atoms with Crippen LogP contribution in [0.5, 0.6) is 11.5 Å². The SMILES string of the molecule is CCCN(COP(O)OC)C1CCc2c(ccc(O)c2O)C1. The molecule has 6 nitrogen and oxygen atoms in total. The molecule has 2 rings (SSSR count). The van der Waals surface area contributed by atoms with Crippen LogP contribution in [0.15, 0.2) is 12.1 Å². The predicted molar refractivity (Wildman–Crippen MR) is 84.7 cm³/mol. The number of hydrogen-bond acceptors (Lipinski definition) is 6. The summed E-state index contributed by atoms with van der Waals surface area (Å²) in [4.78, 5) is 11.6. The van der Waals surface area contributed by atoms with E-state index in [1.54, 1.807) is 0 Å². The summed E-state index contributed by atoms with van der Waals surface area (Å²) in [6.07, 6.45) is 3.38. The van der Waals surface area contributed by atoms with Gasteiger partial charge in [-0.1, -0.05) is 13.0 Å². The monoisotopic (exact) mass is 329 g/mol. The predicted octanol–water partition coefficient (Wildman–Crippen LogP) is 2.51. The highest BCUT2D eigenvalue weighted by Crippen LogP contribution is 2.37. The van der Waals surface area contributed by atoms with E-state index in [0.29, 0.717) is 6.73 Å². The van der Waals surface area contributed by atoms with E-state index in [4.69, 9.17) is 9.05 Å². The highest BCUT2D eigenvalue weighted by molar-refractivity contribution is 7.40. The zero-order chi connectivity index (χ0) is 16.1. The van der Waals surface area contributed by atoms with Crippen molar-refractivity contribution in [2.24, 2.45) is 0 Å². The van der Waals surface area contributed by atoms with Gasteiger partial charge in [-0.3, -0.25) is 9.42 Å². The molecule has 0 aromatic heterocycles. The van der Waals surface area contributed by atoms with Gasteiger partial charge in [-0.05, 0) is 37.3 Å². The lowest BCUT2D eigenvalue weighted by Gasteiger charge is -2.35. The Morgan fingerprint density at radius 3 is 2.82 bits per heavy atom. The molecular formula is C15H24NO5P. The normalized spacial score (nSPS) is 19.2. The van der Waals surface area contributed by atoms with E-state index in [0.717, 1.165) is 43.4 Å². The first-order valence-corrected chi connectivity index (χ1v) is 8.62. The van der Waals surface area contributed by atoms with Gasteiger partial charge in [0.1, 0.15) is 6.73 Å². The Kier molecular flexibility index (Phi) is 6.41. The molecule has 0 saturated carbocycles. The Balaban J connectivity index is 2.06. The van der Waals surface area contributed by atoms with E-state index in [2.05, 4.69) is 11.8 Å². The summed E-state index contributed by atoms with van der Waals surface area (Å²) < 4.78 is 10.1. The Bertz CT molecular complexity index is 499. The van der Waals surface area contributed by atoms with Crippen molar-refractivity contribution in [3.8, 4) is 11.5 Å². The number of hydrogen-bond donors (Lipinski definition) is 3. The molecule has 0 spiro atoms. The Hall–Kier alpha value is -0.910. The molecule has 0 amide bonds. The van der Waals surface area contributed by atoms with Gasteiger partial charge in [-0.25, -0.2) is 0 Å². The molecule has 2 unspecified atom stereocenters. The quantitative estimate of drug-likeness (QED) is 0.405. The number of phenolic OH excluding ortho intramolecular Hbond substituents is 2. The van der Waals surface area contributed by atoms with Crippen LogP contribution in [0.3, 0.4) is 0 Å². The summed E-state index contributed by atoms with van der Waals surface area (Å²) in [6, 6.07) is 3.70. The maximum absolute atomic E-state index is 9.94. The topological polar surface area (TPSA) is 82.4 Å². The number of nitrogens with zero attached hydrogens (tertiary/aromatic N) is 1. The lowest BCUT2D eigenvalue weighted by atomic mass is 9.86. The molecule has 0 bridgehead atoms. The van der Waals surface area contributed by atoms with Crippen LogP contribution in [0.25, 0.3) is 0 Å². The molecule has 0 fully saturated rings. The summed E-state index contributed by atoms with van der Waals surface area (Å²) in [7, 11) is -0.401. The Labute approximate surface area is 132 Å². The van der Waals surface area contributed by atoms with Crippen LogP contribution in [0.2, 0.25) is 0 Å². The Morgan fingerprint density at radius 2 is 2.14 bits per heavy atom. The molecule has 7 heteroatoms. The molecule has 1 aliphatic rings. The van der Waals surface area contributed by atoms with Gasteiger partial charge in [0.25, 0.3) is 0 Å². The molecule has 1 aliphatic carbocycles. The first-order chi connectivity index (χ1) is 10.6. The molecule has 0 heterocycles. The third kappa shape index (κ3) is 4.09. The summed E-state index contributed by atoms with van der Waals surface area (Å²) in [5.41, 5.74) is 1.90. The second-order valence-electron chi connectivity index (χ2n) is 5.46. The molecule has 1 aromatic rings. The number of fused-ring (bicyclic) bond motifs is 1. The van der Waals surface area contributed by atoms with Crippen LogP contribution in [0.1, 0.15) is 30.9 Å². The molecule has 0 saturated heterocycles. The summed E-state index contributed by atoms with van der Waals surface area (Å²) in [5.74, 6) is -0.0514. The molecule has 0 aliphatic heterocycles. The van der Waals surface area contributed by atoms with E-state index in [1.807, 2.05) is 6.07 Å². The van der Waals surface area contributed by atoms with E-state index < -0.39 is 8.60 Å². The minimum atomic E-state index is -1.82. The molecule has 0 radical (unpaired) electrons. The van der Waals surface area contributed by atoms with Gasteiger partial charge in [-0.2, -0.15) is 0 Å². The average Bonchev–Trinajstić information content (AvgIpc) is 2.54. The molecule has 124 valence electrons. The van der Waals surface area contributed by atoms with Crippen molar-refractivity contribution >= 4 is 8.60 Å². The van der Waals surface area contributed by atoms with Gasteiger partial charge in [0.05, 0.1) is 0 Å². The maximum atomic E-state index is 9.94. The van der Waals surface area contributed by atoms with Crippen molar-refractivity contribution in [1.82, 2.24) is 4.90 Å². The standard InChI is InChI=1S/C15H24NO5P/c1-3-8-16(10-21-22(19)20-2)12-5-6-13-11(9-12)4-7-14(17)15(13)18/h4,7,12,17-19H,3,5-6,8-10H2,1-2H3. The van der Waals surface area contributed by atoms with E-state index in [1.165, 1.54) is 13.2 Å². The summed E-state index contributed by atoms with van der Waals surface area (Å²) >= 11 is 0. The van der Waals surface area contributed by atoms with Crippen molar-refractivity contribution in [2.45, 2.75) is 38.6 Å². The molecule has 22 heavy (non-hydrogen) atoms. The fourth-order valence-electron chi connectivity index (χ4n) is 2.93. The van der Waals surface area contributed by atoms with Crippen LogP contribution in [0, 0.1) is 0 Å². The van der Waals surface area contributed by atoms with Crippen molar-refractivity contribution in [3.63, 3.8) is 0 Å². The summed E-state index contributed by atoms with van der Waals surface area (Å²) in [5, 5.41) is 19.5. The highest BCUT2D eigenvalue weighted by Gasteiger charge is 2.27.